The van der Waals surface area contributed by atoms with Crippen molar-refractivity contribution in [2.24, 2.45) is 0 Å². The number of amides is 2. The maximum atomic E-state index is 12.5. The molecule has 1 N–H and O–H groups in total. The third kappa shape index (κ3) is 3.18. The first-order valence-corrected chi connectivity index (χ1v) is 7.28. The molecule has 2 unspecified atom stereocenters. The molecule has 1 aliphatic rings. The maximum Gasteiger partial charge on any atom is 0.246 e. The van der Waals surface area contributed by atoms with Gasteiger partial charge in [0.2, 0.25) is 11.8 Å². The third-order valence-electron chi connectivity index (χ3n) is 3.78. The highest BCUT2D eigenvalue weighted by Gasteiger charge is 2.37. The van der Waals surface area contributed by atoms with Gasteiger partial charge in [0.15, 0.2) is 0 Å². The second-order valence-electron chi connectivity index (χ2n) is 5.31. The molecule has 0 aliphatic carbocycles. The van der Waals surface area contributed by atoms with Crippen LogP contribution in [0.2, 0.25) is 0 Å². The lowest BCUT2D eigenvalue weighted by Gasteiger charge is -2.37. The van der Waals surface area contributed by atoms with Crippen molar-refractivity contribution in [3.05, 3.63) is 35.9 Å². The molecule has 20 heavy (non-hydrogen) atoms. The minimum absolute atomic E-state index is 0.0365. The molecule has 0 saturated carbocycles. The Morgan fingerprint density at radius 3 is 2.55 bits per heavy atom. The summed E-state index contributed by atoms with van der Waals surface area (Å²) in [5.41, 5.74) is 1.07. The lowest BCUT2D eigenvalue weighted by Crippen LogP contribution is -2.63. The highest BCUT2D eigenvalue weighted by atomic mass is 16.2. The monoisotopic (exact) mass is 274 g/mol. The molecule has 2 atom stereocenters. The Bertz CT molecular complexity index is 473. The Labute approximate surface area is 120 Å². The molecule has 1 saturated heterocycles. The van der Waals surface area contributed by atoms with Gasteiger partial charge >= 0.3 is 0 Å². The van der Waals surface area contributed by atoms with Gasteiger partial charge in [-0.1, -0.05) is 43.7 Å². The molecule has 1 heterocycles. The number of unbranched alkanes of at least 4 members (excludes halogenated alkanes) is 1. The fourth-order valence-corrected chi connectivity index (χ4v) is 2.51. The first-order valence-electron chi connectivity index (χ1n) is 7.28. The van der Waals surface area contributed by atoms with E-state index >= 15 is 0 Å². The van der Waals surface area contributed by atoms with Gasteiger partial charge in [0.1, 0.15) is 12.1 Å². The smallest absolute Gasteiger partial charge is 0.246 e. The number of carbonyl (C=O) groups excluding carboxylic acids is 2. The summed E-state index contributed by atoms with van der Waals surface area (Å²) in [5.74, 6) is -0.0176. The first kappa shape index (κ1) is 14.6. The van der Waals surface area contributed by atoms with Gasteiger partial charge in [0, 0.05) is 13.0 Å². The van der Waals surface area contributed by atoms with Crippen molar-refractivity contribution in [2.45, 2.75) is 45.2 Å². The van der Waals surface area contributed by atoms with E-state index in [1.807, 2.05) is 30.3 Å². The van der Waals surface area contributed by atoms with Crippen LogP contribution in [0.5, 0.6) is 0 Å². The number of hydrogen-bond donors (Lipinski definition) is 1. The summed E-state index contributed by atoms with van der Waals surface area (Å²) < 4.78 is 0. The van der Waals surface area contributed by atoms with Crippen LogP contribution >= 0.6 is 0 Å². The number of benzene rings is 1. The van der Waals surface area contributed by atoms with Crippen molar-refractivity contribution in [3.63, 3.8) is 0 Å². The van der Waals surface area contributed by atoms with Gasteiger partial charge < -0.3 is 10.2 Å². The van der Waals surface area contributed by atoms with Gasteiger partial charge in [-0.05, 0) is 18.9 Å². The minimum Gasteiger partial charge on any atom is -0.342 e. The Morgan fingerprint density at radius 2 is 1.90 bits per heavy atom. The van der Waals surface area contributed by atoms with E-state index < -0.39 is 6.04 Å². The fraction of sp³-hybridized carbons (Fsp3) is 0.500. The summed E-state index contributed by atoms with van der Waals surface area (Å²) in [4.78, 5) is 26.2. The molecule has 0 bridgehead atoms. The minimum atomic E-state index is -0.432. The Kier molecular flexibility index (Phi) is 4.77. The standard InChI is InChI=1S/C16H22N2O2/c1-3-4-10-18-12(2)15(19)17-14(16(18)20)11-13-8-6-5-7-9-13/h5-9,12,14H,3-4,10-11H2,1-2H3,(H,17,19). The van der Waals surface area contributed by atoms with E-state index in [9.17, 15) is 9.59 Å². The normalized spacial score (nSPS) is 22.8. The molecule has 2 amide bonds. The molecule has 1 aromatic carbocycles. The predicted octanol–water partition coefficient (Wildman–Crippen LogP) is 1.74. The molecular weight excluding hydrogens is 252 g/mol. The molecule has 2 rings (SSSR count). The summed E-state index contributed by atoms with van der Waals surface area (Å²) in [6.07, 6.45) is 2.50. The zero-order valence-corrected chi connectivity index (χ0v) is 12.1. The van der Waals surface area contributed by atoms with Gasteiger partial charge in [-0.25, -0.2) is 0 Å². The zero-order valence-electron chi connectivity index (χ0n) is 12.1. The van der Waals surface area contributed by atoms with E-state index in [0.717, 1.165) is 18.4 Å². The largest absolute Gasteiger partial charge is 0.342 e. The highest BCUT2D eigenvalue weighted by Crippen LogP contribution is 2.14. The van der Waals surface area contributed by atoms with Crippen molar-refractivity contribution in [1.29, 1.82) is 0 Å². The summed E-state index contributed by atoms with van der Waals surface area (Å²) in [5, 5.41) is 2.84. The molecule has 4 nitrogen and oxygen atoms in total. The van der Waals surface area contributed by atoms with Gasteiger partial charge in [-0.2, -0.15) is 0 Å². The number of nitrogens with one attached hydrogen (secondary N) is 1. The summed E-state index contributed by atoms with van der Waals surface area (Å²) in [7, 11) is 0. The highest BCUT2D eigenvalue weighted by molar-refractivity contribution is 5.96. The number of hydrogen-bond acceptors (Lipinski definition) is 2. The van der Waals surface area contributed by atoms with Crippen LogP contribution < -0.4 is 5.32 Å². The third-order valence-corrected chi connectivity index (χ3v) is 3.78. The molecular formula is C16H22N2O2. The average molecular weight is 274 g/mol. The lowest BCUT2D eigenvalue weighted by atomic mass is 10.0. The van der Waals surface area contributed by atoms with Crippen LogP contribution in [0.25, 0.3) is 0 Å². The molecule has 1 aromatic rings. The second kappa shape index (κ2) is 6.55. The Hall–Kier alpha value is -1.84. The van der Waals surface area contributed by atoms with Crippen LogP contribution in [0.1, 0.15) is 32.3 Å². The van der Waals surface area contributed by atoms with Crippen LogP contribution in [0, 0.1) is 0 Å². The quantitative estimate of drug-likeness (QED) is 0.889. The topological polar surface area (TPSA) is 49.4 Å². The average Bonchev–Trinajstić information content (AvgIpc) is 2.46. The van der Waals surface area contributed by atoms with Gasteiger partial charge in [0.25, 0.3) is 0 Å². The van der Waals surface area contributed by atoms with Crippen LogP contribution in [-0.4, -0.2) is 35.3 Å². The van der Waals surface area contributed by atoms with Crippen LogP contribution in [0.15, 0.2) is 30.3 Å². The van der Waals surface area contributed by atoms with E-state index in [4.69, 9.17) is 0 Å². The number of rotatable bonds is 5. The first-order chi connectivity index (χ1) is 9.63. The van der Waals surface area contributed by atoms with Crippen LogP contribution in [-0.2, 0) is 16.0 Å². The molecule has 4 heteroatoms. The summed E-state index contributed by atoms with van der Waals surface area (Å²) >= 11 is 0. The van der Waals surface area contributed by atoms with E-state index in [-0.39, 0.29) is 17.9 Å². The summed E-state index contributed by atoms with van der Waals surface area (Å²) in [6.45, 7) is 4.54. The van der Waals surface area contributed by atoms with Crippen molar-refractivity contribution in [1.82, 2.24) is 10.2 Å². The van der Waals surface area contributed by atoms with E-state index in [2.05, 4.69) is 12.2 Å². The fourth-order valence-electron chi connectivity index (χ4n) is 2.51. The van der Waals surface area contributed by atoms with E-state index in [1.54, 1.807) is 11.8 Å². The summed E-state index contributed by atoms with van der Waals surface area (Å²) in [6, 6.07) is 9.01. The molecule has 1 aliphatic heterocycles. The van der Waals surface area contributed by atoms with Crippen molar-refractivity contribution < 1.29 is 9.59 Å². The van der Waals surface area contributed by atoms with Crippen LogP contribution in [0.3, 0.4) is 0 Å². The molecule has 1 fully saturated rings. The number of carbonyl (C=O) groups is 2. The van der Waals surface area contributed by atoms with Crippen LogP contribution in [0.4, 0.5) is 0 Å². The maximum absolute atomic E-state index is 12.5. The lowest BCUT2D eigenvalue weighted by molar-refractivity contribution is -0.148. The van der Waals surface area contributed by atoms with Gasteiger partial charge in [0.05, 0.1) is 0 Å². The number of piperazine rings is 1. The zero-order chi connectivity index (χ0) is 14.5. The van der Waals surface area contributed by atoms with Crippen molar-refractivity contribution in [2.75, 3.05) is 6.54 Å². The SMILES string of the molecule is CCCCN1C(=O)C(Cc2ccccc2)NC(=O)C1C. The number of nitrogens with zero attached hydrogens (tertiary/aromatic N) is 1. The van der Waals surface area contributed by atoms with Crippen molar-refractivity contribution >= 4 is 11.8 Å². The Morgan fingerprint density at radius 1 is 1.20 bits per heavy atom. The van der Waals surface area contributed by atoms with Crippen molar-refractivity contribution in [3.8, 4) is 0 Å². The molecule has 0 spiro atoms. The van der Waals surface area contributed by atoms with E-state index in [1.165, 1.54) is 0 Å². The molecule has 108 valence electrons. The van der Waals surface area contributed by atoms with E-state index in [0.29, 0.717) is 13.0 Å². The predicted molar refractivity (Wildman–Crippen MR) is 78.2 cm³/mol. The van der Waals surface area contributed by atoms with Gasteiger partial charge in [-0.3, -0.25) is 9.59 Å². The van der Waals surface area contributed by atoms with Gasteiger partial charge in [-0.15, -0.1) is 0 Å². The molecule has 0 radical (unpaired) electrons. The second-order valence-corrected chi connectivity index (χ2v) is 5.31. The molecule has 0 aromatic heterocycles. The Balaban J connectivity index is 2.09.